The Morgan fingerprint density at radius 2 is 2.14 bits per heavy atom. The van der Waals surface area contributed by atoms with Gasteiger partial charge in [-0.25, -0.2) is 0 Å². The molecule has 2 rings (SSSR count). The van der Waals surface area contributed by atoms with E-state index in [-0.39, 0.29) is 5.41 Å². The van der Waals surface area contributed by atoms with E-state index in [1.54, 1.807) is 6.07 Å². The molecule has 1 aliphatic rings. The van der Waals surface area contributed by atoms with E-state index < -0.39 is 0 Å². The van der Waals surface area contributed by atoms with E-state index in [2.05, 4.69) is 19.2 Å². The minimum atomic E-state index is 0.215. The third-order valence-electron chi connectivity index (χ3n) is 3.03. The van der Waals surface area contributed by atoms with Crippen LogP contribution < -0.4 is 5.32 Å². The molecule has 0 amide bonds. The largest absolute Gasteiger partial charge is 0.508 e. The summed E-state index contributed by atoms with van der Waals surface area (Å²) in [6, 6.07) is 5.62. The fraction of sp³-hybridized carbons (Fsp3) is 0.500. The Bertz CT molecular complexity index is 344. The molecule has 1 heterocycles. The van der Waals surface area contributed by atoms with Crippen LogP contribution in [0.4, 0.5) is 5.69 Å². The molecule has 0 unspecified atom stereocenters. The van der Waals surface area contributed by atoms with Crippen molar-refractivity contribution in [1.82, 2.24) is 0 Å². The number of hydrogen-bond acceptors (Lipinski definition) is 2. The summed E-state index contributed by atoms with van der Waals surface area (Å²) in [6.45, 7) is 5.52. The van der Waals surface area contributed by atoms with Crippen molar-refractivity contribution in [2.24, 2.45) is 0 Å². The summed E-state index contributed by atoms with van der Waals surface area (Å²) in [7, 11) is 0. The van der Waals surface area contributed by atoms with Crippen LogP contribution in [0.2, 0.25) is 0 Å². The minimum absolute atomic E-state index is 0.215. The Morgan fingerprint density at radius 1 is 1.36 bits per heavy atom. The van der Waals surface area contributed by atoms with Crippen LogP contribution in [-0.2, 0) is 5.41 Å². The van der Waals surface area contributed by atoms with Gasteiger partial charge in [-0.2, -0.15) is 0 Å². The molecule has 1 aromatic rings. The number of phenols is 1. The average Bonchev–Trinajstić information content (AvgIpc) is 2.25. The van der Waals surface area contributed by atoms with E-state index in [1.807, 2.05) is 12.1 Å². The summed E-state index contributed by atoms with van der Waals surface area (Å²) >= 11 is 0. The van der Waals surface area contributed by atoms with Crippen LogP contribution in [0.1, 0.15) is 32.3 Å². The summed E-state index contributed by atoms with van der Waals surface area (Å²) in [4.78, 5) is 0. The van der Waals surface area contributed by atoms with Crippen LogP contribution in [0, 0.1) is 0 Å². The van der Waals surface area contributed by atoms with Crippen molar-refractivity contribution in [2.75, 3.05) is 11.9 Å². The van der Waals surface area contributed by atoms with Crippen LogP contribution in [-0.4, -0.2) is 11.7 Å². The average molecular weight is 191 g/mol. The van der Waals surface area contributed by atoms with Gasteiger partial charge < -0.3 is 10.4 Å². The van der Waals surface area contributed by atoms with Gasteiger partial charge >= 0.3 is 0 Å². The maximum atomic E-state index is 9.41. The number of hydrogen-bond donors (Lipinski definition) is 2. The van der Waals surface area contributed by atoms with Crippen LogP contribution in [0.25, 0.3) is 0 Å². The Hall–Kier alpha value is -1.18. The van der Waals surface area contributed by atoms with Crippen molar-refractivity contribution in [3.63, 3.8) is 0 Å². The Balaban J connectivity index is 2.50. The van der Waals surface area contributed by atoms with Gasteiger partial charge in [0.25, 0.3) is 0 Å². The standard InChI is InChI=1S/C12H17NO/c1-12(2)6-3-7-13-11-8-9(14)4-5-10(11)12/h4-5,8,13-14H,3,6-7H2,1-2H3. The number of anilines is 1. The number of nitrogens with one attached hydrogen (secondary N) is 1. The fourth-order valence-corrected chi connectivity index (χ4v) is 2.16. The summed E-state index contributed by atoms with van der Waals surface area (Å²) in [5.74, 6) is 0.342. The van der Waals surface area contributed by atoms with Crippen molar-refractivity contribution in [2.45, 2.75) is 32.1 Å². The number of rotatable bonds is 0. The normalized spacial score (nSPS) is 19.3. The van der Waals surface area contributed by atoms with Gasteiger partial charge in [-0.3, -0.25) is 0 Å². The van der Waals surface area contributed by atoms with Gasteiger partial charge in [0, 0.05) is 18.3 Å². The highest BCUT2D eigenvalue weighted by Gasteiger charge is 2.25. The molecule has 1 aliphatic heterocycles. The van der Waals surface area contributed by atoms with E-state index in [4.69, 9.17) is 0 Å². The summed E-state index contributed by atoms with van der Waals surface area (Å²) < 4.78 is 0. The Kier molecular flexibility index (Phi) is 2.14. The molecule has 76 valence electrons. The van der Waals surface area contributed by atoms with Crippen molar-refractivity contribution >= 4 is 5.69 Å². The van der Waals surface area contributed by atoms with Gasteiger partial charge in [-0.15, -0.1) is 0 Å². The highest BCUT2D eigenvalue weighted by molar-refractivity contribution is 5.58. The molecule has 14 heavy (non-hydrogen) atoms. The molecular weight excluding hydrogens is 174 g/mol. The summed E-state index contributed by atoms with van der Waals surface area (Å²) in [6.07, 6.45) is 2.38. The number of phenolic OH excluding ortho intramolecular Hbond substituents is 1. The highest BCUT2D eigenvalue weighted by Crippen LogP contribution is 2.37. The van der Waals surface area contributed by atoms with Gasteiger partial charge in [-0.1, -0.05) is 19.9 Å². The molecule has 0 spiro atoms. The van der Waals surface area contributed by atoms with Gasteiger partial charge in [-0.05, 0) is 29.9 Å². The number of fused-ring (bicyclic) bond motifs is 1. The summed E-state index contributed by atoms with van der Waals surface area (Å²) in [5.41, 5.74) is 2.62. The van der Waals surface area contributed by atoms with Crippen molar-refractivity contribution in [3.8, 4) is 5.75 Å². The monoisotopic (exact) mass is 191 g/mol. The molecule has 0 saturated carbocycles. The van der Waals surface area contributed by atoms with Gasteiger partial charge in [0.05, 0.1) is 0 Å². The van der Waals surface area contributed by atoms with Crippen LogP contribution in [0.5, 0.6) is 5.75 Å². The predicted octanol–water partition coefficient (Wildman–Crippen LogP) is 2.88. The first-order valence-electron chi connectivity index (χ1n) is 5.17. The van der Waals surface area contributed by atoms with Gasteiger partial charge in [0.15, 0.2) is 0 Å². The quantitative estimate of drug-likeness (QED) is 0.661. The molecule has 0 aliphatic carbocycles. The SMILES string of the molecule is CC1(C)CCCNc2cc(O)ccc21. The third-order valence-corrected chi connectivity index (χ3v) is 3.03. The molecule has 0 saturated heterocycles. The first-order chi connectivity index (χ1) is 6.59. The predicted molar refractivity (Wildman–Crippen MR) is 58.9 cm³/mol. The van der Waals surface area contributed by atoms with Crippen molar-refractivity contribution in [1.29, 1.82) is 0 Å². The number of aromatic hydroxyl groups is 1. The maximum Gasteiger partial charge on any atom is 0.117 e. The Morgan fingerprint density at radius 3 is 2.93 bits per heavy atom. The van der Waals surface area contributed by atoms with Crippen molar-refractivity contribution in [3.05, 3.63) is 23.8 Å². The second-order valence-electron chi connectivity index (χ2n) is 4.64. The molecule has 2 nitrogen and oxygen atoms in total. The molecule has 0 atom stereocenters. The van der Waals surface area contributed by atoms with E-state index in [0.717, 1.165) is 12.2 Å². The maximum absolute atomic E-state index is 9.41. The Labute approximate surface area is 85.0 Å². The molecule has 0 radical (unpaired) electrons. The molecule has 0 bridgehead atoms. The lowest BCUT2D eigenvalue weighted by Crippen LogP contribution is -2.15. The zero-order valence-corrected chi connectivity index (χ0v) is 8.80. The first-order valence-corrected chi connectivity index (χ1v) is 5.17. The molecule has 0 fully saturated rings. The smallest absolute Gasteiger partial charge is 0.117 e. The van der Waals surface area contributed by atoms with Crippen LogP contribution >= 0.6 is 0 Å². The lowest BCUT2D eigenvalue weighted by molar-refractivity contribution is 0.468. The zero-order chi connectivity index (χ0) is 10.2. The lowest BCUT2D eigenvalue weighted by Gasteiger charge is -2.24. The molecule has 2 N–H and O–H groups in total. The van der Waals surface area contributed by atoms with Crippen LogP contribution in [0.15, 0.2) is 18.2 Å². The van der Waals surface area contributed by atoms with Gasteiger partial charge in [0.1, 0.15) is 5.75 Å². The molecule has 1 aromatic carbocycles. The highest BCUT2D eigenvalue weighted by atomic mass is 16.3. The number of benzene rings is 1. The minimum Gasteiger partial charge on any atom is -0.508 e. The van der Waals surface area contributed by atoms with E-state index in [0.29, 0.717) is 5.75 Å². The molecular formula is C12H17NO. The summed E-state index contributed by atoms with van der Waals surface area (Å²) in [5, 5.41) is 12.8. The first kappa shape index (κ1) is 9.38. The molecule has 0 aromatic heterocycles. The van der Waals surface area contributed by atoms with E-state index in [1.165, 1.54) is 18.4 Å². The zero-order valence-electron chi connectivity index (χ0n) is 8.80. The van der Waals surface area contributed by atoms with Crippen molar-refractivity contribution < 1.29 is 5.11 Å². The fourth-order valence-electron chi connectivity index (χ4n) is 2.16. The second-order valence-corrected chi connectivity index (χ2v) is 4.64. The van der Waals surface area contributed by atoms with Gasteiger partial charge in [0.2, 0.25) is 0 Å². The van der Waals surface area contributed by atoms with E-state index in [9.17, 15) is 5.11 Å². The van der Waals surface area contributed by atoms with E-state index >= 15 is 0 Å². The topological polar surface area (TPSA) is 32.3 Å². The lowest BCUT2D eigenvalue weighted by atomic mass is 9.80. The van der Waals surface area contributed by atoms with Crippen LogP contribution in [0.3, 0.4) is 0 Å². The second kappa shape index (κ2) is 3.19. The third kappa shape index (κ3) is 1.57. The molecule has 2 heteroatoms.